The number of hydrogen-bond donors (Lipinski definition) is 0. The van der Waals surface area contributed by atoms with E-state index >= 15 is 0 Å². The average Bonchev–Trinajstić information content (AvgIpc) is 3.41. The molecule has 4 nitrogen and oxygen atoms in total. The largest absolute Gasteiger partial charge is 0.325 e. The molecule has 156 valence electrons. The van der Waals surface area contributed by atoms with Crippen LogP contribution in [0.3, 0.4) is 0 Å². The van der Waals surface area contributed by atoms with E-state index in [1.807, 2.05) is 13.0 Å². The maximum absolute atomic E-state index is 13.1. The molecule has 1 aromatic carbocycles. The maximum atomic E-state index is 13.1. The van der Waals surface area contributed by atoms with Gasteiger partial charge in [-0.1, -0.05) is 12.1 Å². The van der Waals surface area contributed by atoms with E-state index in [2.05, 4.69) is 18.4 Å². The molecule has 2 amide bonds. The van der Waals surface area contributed by atoms with Gasteiger partial charge in [-0.3, -0.25) is 9.69 Å². The van der Waals surface area contributed by atoms with Gasteiger partial charge in [-0.2, -0.15) is 0 Å². The monoisotopic (exact) mass is 442 g/mol. The molecule has 0 saturated carbocycles. The summed E-state index contributed by atoms with van der Waals surface area (Å²) in [7, 11) is 0. The molecule has 7 heteroatoms. The van der Waals surface area contributed by atoms with E-state index in [9.17, 15) is 14.0 Å². The van der Waals surface area contributed by atoms with Crippen molar-refractivity contribution >= 4 is 39.5 Å². The molecule has 1 aliphatic rings. The van der Waals surface area contributed by atoms with Gasteiger partial charge in [0.05, 0.1) is 9.88 Å². The first kappa shape index (κ1) is 20.8. The first-order valence-electron chi connectivity index (χ1n) is 9.90. The number of urea groups is 1. The number of ketones is 1. The molecule has 1 saturated heterocycles. The van der Waals surface area contributed by atoms with Crippen LogP contribution in [0.5, 0.6) is 0 Å². The highest BCUT2D eigenvalue weighted by Crippen LogP contribution is 2.33. The third-order valence-electron chi connectivity index (χ3n) is 5.35. The van der Waals surface area contributed by atoms with Crippen molar-refractivity contribution in [2.24, 2.45) is 0 Å². The van der Waals surface area contributed by atoms with Crippen molar-refractivity contribution in [3.8, 4) is 0 Å². The molecule has 2 aromatic heterocycles. The number of hydrogen-bond acceptors (Lipinski definition) is 4. The number of carbonyl (C=O) groups excluding carboxylic acids is 2. The summed E-state index contributed by atoms with van der Waals surface area (Å²) in [5.74, 6) is -0.153. The van der Waals surface area contributed by atoms with Crippen molar-refractivity contribution in [2.45, 2.75) is 33.2 Å². The van der Waals surface area contributed by atoms with Gasteiger partial charge in [-0.05, 0) is 66.6 Å². The lowest BCUT2D eigenvalue weighted by Crippen LogP contribution is -2.30. The van der Waals surface area contributed by atoms with Crippen molar-refractivity contribution < 1.29 is 14.0 Å². The Balaban J connectivity index is 1.42. The number of aryl methyl sites for hydroxylation is 3. The molecular formula is C23H23FN2O2S2. The lowest BCUT2D eigenvalue weighted by atomic mass is 10.1. The second-order valence-electron chi connectivity index (χ2n) is 7.53. The zero-order valence-corrected chi connectivity index (χ0v) is 18.6. The van der Waals surface area contributed by atoms with Crippen LogP contribution in [-0.4, -0.2) is 29.8 Å². The van der Waals surface area contributed by atoms with Gasteiger partial charge >= 0.3 is 6.03 Å². The zero-order chi connectivity index (χ0) is 21.3. The van der Waals surface area contributed by atoms with E-state index in [0.29, 0.717) is 26.1 Å². The molecule has 1 fully saturated rings. The van der Waals surface area contributed by atoms with Crippen molar-refractivity contribution in [3.63, 3.8) is 0 Å². The Morgan fingerprint density at radius 1 is 1.10 bits per heavy atom. The normalized spacial score (nSPS) is 14.0. The minimum Gasteiger partial charge on any atom is -0.318 e. The number of carbonyl (C=O) groups is 2. The Hall–Kier alpha value is -2.51. The summed E-state index contributed by atoms with van der Waals surface area (Å²) >= 11 is 3.09. The standard InChI is InChI=1S/C23H23FN2O2S2/c1-15-9-12-29-20(15)8-7-19(27)22-16(2)13-21(30-22)26-11-10-25(23(26)28)14-17-3-5-18(24)6-4-17/h3-6,9,12-13H,7-8,10-11,14H2,1-2H3. The van der Waals surface area contributed by atoms with Gasteiger partial charge in [0, 0.05) is 30.9 Å². The minimum absolute atomic E-state index is 0.0752. The number of thiophene rings is 2. The molecule has 4 rings (SSSR count). The van der Waals surface area contributed by atoms with Gasteiger partial charge in [0.15, 0.2) is 5.78 Å². The van der Waals surface area contributed by atoms with Crippen molar-refractivity contribution in [3.05, 3.63) is 74.0 Å². The van der Waals surface area contributed by atoms with Crippen LogP contribution >= 0.6 is 22.7 Å². The Bertz CT molecular complexity index is 1070. The first-order chi connectivity index (χ1) is 14.4. The Kier molecular flexibility index (Phi) is 6.01. The summed E-state index contributed by atoms with van der Waals surface area (Å²) < 4.78 is 13.1. The molecule has 0 aliphatic carbocycles. The first-order valence-corrected chi connectivity index (χ1v) is 11.6. The van der Waals surface area contributed by atoms with Gasteiger partial charge in [0.2, 0.25) is 0 Å². The van der Waals surface area contributed by atoms with Gasteiger partial charge in [0.25, 0.3) is 0 Å². The third-order valence-corrected chi connectivity index (χ3v) is 7.74. The fourth-order valence-corrected chi connectivity index (χ4v) is 5.69. The van der Waals surface area contributed by atoms with E-state index in [1.165, 1.54) is 33.9 Å². The highest BCUT2D eigenvalue weighted by atomic mass is 32.1. The number of anilines is 1. The lowest BCUT2D eigenvalue weighted by Gasteiger charge is -2.17. The van der Waals surface area contributed by atoms with E-state index in [-0.39, 0.29) is 17.6 Å². The number of benzene rings is 1. The molecule has 0 atom stereocenters. The topological polar surface area (TPSA) is 40.6 Å². The molecule has 0 spiro atoms. The number of amides is 2. The molecule has 3 heterocycles. The van der Waals surface area contributed by atoms with Crippen molar-refractivity contribution in [2.75, 3.05) is 18.0 Å². The van der Waals surface area contributed by atoms with Gasteiger partial charge in [-0.25, -0.2) is 9.18 Å². The minimum atomic E-state index is -0.284. The molecular weight excluding hydrogens is 419 g/mol. The third kappa shape index (κ3) is 4.32. The summed E-state index contributed by atoms with van der Waals surface area (Å²) in [5, 5.41) is 2.87. The average molecular weight is 443 g/mol. The molecule has 0 radical (unpaired) electrons. The summed E-state index contributed by atoms with van der Waals surface area (Å²) in [6, 6.07) is 10.2. The van der Waals surface area contributed by atoms with Crippen molar-refractivity contribution in [1.82, 2.24) is 4.90 Å². The second-order valence-corrected chi connectivity index (χ2v) is 9.56. The molecule has 1 aliphatic heterocycles. The molecule has 0 unspecified atom stereocenters. The highest BCUT2D eigenvalue weighted by molar-refractivity contribution is 7.18. The maximum Gasteiger partial charge on any atom is 0.325 e. The van der Waals surface area contributed by atoms with E-state index in [1.54, 1.807) is 33.3 Å². The summed E-state index contributed by atoms with van der Waals surface area (Å²) in [4.78, 5) is 31.2. The molecule has 3 aromatic rings. The van der Waals surface area contributed by atoms with Gasteiger partial charge in [0.1, 0.15) is 5.82 Å². The fourth-order valence-electron chi connectivity index (χ4n) is 3.62. The van der Waals surface area contributed by atoms with Crippen LogP contribution in [0.1, 0.15) is 37.7 Å². The van der Waals surface area contributed by atoms with E-state index < -0.39 is 0 Å². The van der Waals surface area contributed by atoms with Crippen LogP contribution in [0, 0.1) is 19.7 Å². The second kappa shape index (κ2) is 8.70. The van der Waals surface area contributed by atoms with Crippen LogP contribution in [0.4, 0.5) is 14.2 Å². The Morgan fingerprint density at radius 2 is 1.87 bits per heavy atom. The quantitative estimate of drug-likeness (QED) is 0.432. The summed E-state index contributed by atoms with van der Waals surface area (Å²) in [5.41, 5.74) is 3.06. The predicted molar refractivity (Wildman–Crippen MR) is 120 cm³/mol. The van der Waals surface area contributed by atoms with E-state index in [0.717, 1.165) is 27.4 Å². The van der Waals surface area contributed by atoms with Crippen LogP contribution in [0.25, 0.3) is 0 Å². The van der Waals surface area contributed by atoms with Crippen molar-refractivity contribution in [1.29, 1.82) is 0 Å². The Labute approximate surface area is 183 Å². The van der Waals surface area contributed by atoms with E-state index in [4.69, 9.17) is 0 Å². The summed E-state index contributed by atoms with van der Waals surface area (Å²) in [6.45, 7) is 5.64. The number of rotatable bonds is 7. The number of Topliss-reactive ketones (excluding diaryl/α,β-unsaturated/α-hetero) is 1. The molecule has 0 bridgehead atoms. The SMILES string of the molecule is Cc1ccsc1CCC(=O)c1sc(N2CCN(Cc3ccc(F)cc3)C2=O)cc1C. The van der Waals surface area contributed by atoms with Gasteiger partial charge < -0.3 is 4.90 Å². The predicted octanol–water partition coefficient (Wildman–Crippen LogP) is 5.82. The Morgan fingerprint density at radius 3 is 2.57 bits per heavy atom. The van der Waals surface area contributed by atoms with Gasteiger partial charge in [-0.15, -0.1) is 22.7 Å². The number of nitrogens with zero attached hydrogens (tertiary/aromatic N) is 2. The van der Waals surface area contributed by atoms with Crippen LogP contribution in [-0.2, 0) is 13.0 Å². The van der Waals surface area contributed by atoms with Crippen LogP contribution in [0.15, 0.2) is 41.8 Å². The van der Waals surface area contributed by atoms with Crippen LogP contribution < -0.4 is 4.90 Å². The smallest absolute Gasteiger partial charge is 0.318 e. The zero-order valence-electron chi connectivity index (χ0n) is 17.0. The van der Waals surface area contributed by atoms with Crippen LogP contribution in [0.2, 0.25) is 0 Å². The number of halogens is 1. The molecule has 0 N–H and O–H groups in total. The highest BCUT2D eigenvalue weighted by Gasteiger charge is 2.31. The fraction of sp³-hybridized carbons (Fsp3) is 0.304. The summed E-state index contributed by atoms with van der Waals surface area (Å²) in [6.07, 6.45) is 1.23. The molecule has 30 heavy (non-hydrogen) atoms. The lowest BCUT2D eigenvalue weighted by molar-refractivity contribution is 0.0986.